The van der Waals surface area contributed by atoms with E-state index in [1.165, 1.54) is 16.4 Å². The number of ether oxygens (including phenoxy) is 1. The Balaban J connectivity index is 1.54. The van der Waals surface area contributed by atoms with E-state index in [0.717, 1.165) is 12.0 Å². The second-order valence-corrected chi connectivity index (χ2v) is 9.22. The molecule has 29 heavy (non-hydrogen) atoms. The van der Waals surface area contributed by atoms with Crippen LogP contribution in [0.3, 0.4) is 0 Å². The summed E-state index contributed by atoms with van der Waals surface area (Å²) in [5.74, 6) is 1.44. The molecule has 1 aliphatic heterocycles. The second kappa shape index (κ2) is 8.14. The summed E-state index contributed by atoms with van der Waals surface area (Å²) in [6.07, 6.45) is 1.50. The molecule has 2 heterocycles. The fraction of sp³-hybridized carbons (Fsp3) is 0.300. The third kappa shape index (κ3) is 4.14. The first-order valence-corrected chi connectivity index (χ1v) is 11.0. The van der Waals surface area contributed by atoms with Crippen molar-refractivity contribution in [3.8, 4) is 17.1 Å². The summed E-state index contributed by atoms with van der Waals surface area (Å²) < 4.78 is 38.1. The van der Waals surface area contributed by atoms with E-state index >= 15 is 0 Å². The number of halogens is 1. The van der Waals surface area contributed by atoms with E-state index < -0.39 is 10.0 Å². The standard InChI is InChI=1S/C20H20ClN3O4S/c1-27-17-6-2-4-14(12-17)19-22-20(28-23-19)15-5-3-11-24(13-15)29(25,26)18-9-7-16(21)8-10-18/h2,4,6-10,12,15H,3,5,11,13H2,1H3. The number of rotatable bonds is 5. The van der Waals surface area contributed by atoms with Gasteiger partial charge in [0, 0.05) is 23.7 Å². The van der Waals surface area contributed by atoms with Crippen LogP contribution < -0.4 is 4.74 Å². The van der Waals surface area contributed by atoms with Crippen LogP contribution in [0, 0.1) is 0 Å². The van der Waals surface area contributed by atoms with Crippen molar-refractivity contribution in [2.24, 2.45) is 0 Å². The predicted molar refractivity (Wildman–Crippen MR) is 108 cm³/mol. The number of methoxy groups -OCH3 is 1. The zero-order valence-electron chi connectivity index (χ0n) is 15.8. The minimum atomic E-state index is -3.61. The average Bonchev–Trinajstić information content (AvgIpc) is 3.25. The van der Waals surface area contributed by atoms with Gasteiger partial charge in [-0.15, -0.1) is 0 Å². The Bertz CT molecular complexity index is 1100. The van der Waals surface area contributed by atoms with Gasteiger partial charge in [0.15, 0.2) is 0 Å². The van der Waals surface area contributed by atoms with Crippen molar-refractivity contribution in [3.05, 3.63) is 59.4 Å². The minimum absolute atomic E-state index is 0.155. The van der Waals surface area contributed by atoms with Gasteiger partial charge in [0.25, 0.3) is 0 Å². The number of sulfonamides is 1. The van der Waals surface area contributed by atoms with Crippen molar-refractivity contribution in [1.29, 1.82) is 0 Å². The lowest BCUT2D eigenvalue weighted by Crippen LogP contribution is -2.39. The molecule has 0 radical (unpaired) electrons. The molecule has 0 bridgehead atoms. The van der Waals surface area contributed by atoms with Crippen LogP contribution in [0.5, 0.6) is 5.75 Å². The van der Waals surface area contributed by atoms with Gasteiger partial charge in [-0.2, -0.15) is 9.29 Å². The molecule has 2 aromatic carbocycles. The maximum absolute atomic E-state index is 13.0. The topological polar surface area (TPSA) is 85.5 Å². The van der Waals surface area contributed by atoms with Gasteiger partial charge in [-0.05, 0) is 49.2 Å². The molecule has 1 fully saturated rings. The molecule has 0 N–H and O–H groups in total. The molecule has 1 aromatic heterocycles. The highest BCUT2D eigenvalue weighted by atomic mass is 35.5. The molecule has 1 saturated heterocycles. The molecule has 1 aliphatic rings. The van der Waals surface area contributed by atoms with Crippen LogP contribution in [0.1, 0.15) is 24.7 Å². The Labute approximate surface area is 174 Å². The highest BCUT2D eigenvalue weighted by Gasteiger charge is 2.33. The Hall–Kier alpha value is -2.42. The molecule has 0 saturated carbocycles. The van der Waals surface area contributed by atoms with Crippen molar-refractivity contribution in [2.45, 2.75) is 23.7 Å². The van der Waals surface area contributed by atoms with Gasteiger partial charge in [-0.25, -0.2) is 8.42 Å². The summed E-state index contributed by atoms with van der Waals surface area (Å²) in [6.45, 7) is 0.753. The molecule has 9 heteroatoms. The van der Waals surface area contributed by atoms with Crippen LogP contribution in [0.25, 0.3) is 11.4 Å². The van der Waals surface area contributed by atoms with Crippen LogP contribution in [0.2, 0.25) is 5.02 Å². The Kier molecular flexibility index (Phi) is 5.58. The van der Waals surface area contributed by atoms with Crippen molar-refractivity contribution in [1.82, 2.24) is 14.4 Å². The smallest absolute Gasteiger partial charge is 0.243 e. The van der Waals surface area contributed by atoms with Crippen molar-refractivity contribution in [3.63, 3.8) is 0 Å². The van der Waals surface area contributed by atoms with Crippen molar-refractivity contribution in [2.75, 3.05) is 20.2 Å². The van der Waals surface area contributed by atoms with Gasteiger partial charge in [0.05, 0.1) is 17.9 Å². The van der Waals surface area contributed by atoms with Gasteiger partial charge < -0.3 is 9.26 Å². The van der Waals surface area contributed by atoms with Gasteiger partial charge in [0.2, 0.25) is 21.7 Å². The Morgan fingerprint density at radius 3 is 2.76 bits per heavy atom. The molecule has 1 atom stereocenters. The van der Waals surface area contributed by atoms with E-state index in [-0.39, 0.29) is 10.8 Å². The normalized spacial score (nSPS) is 17.9. The van der Waals surface area contributed by atoms with Gasteiger partial charge in [-0.3, -0.25) is 0 Å². The maximum atomic E-state index is 13.0. The molecular weight excluding hydrogens is 414 g/mol. The lowest BCUT2D eigenvalue weighted by molar-refractivity contribution is 0.265. The van der Waals surface area contributed by atoms with E-state index in [2.05, 4.69) is 10.1 Å². The number of hydrogen-bond donors (Lipinski definition) is 0. The zero-order valence-corrected chi connectivity index (χ0v) is 17.4. The fourth-order valence-corrected chi connectivity index (χ4v) is 5.05. The molecule has 0 spiro atoms. The van der Waals surface area contributed by atoms with E-state index in [0.29, 0.717) is 42.0 Å². The Morgan fingerprint density at radius 2 is 2.00 bits per heavy atom. The molecular formula is C20H20ClN3O4S. The lowest BCUT2D eigenvalue weighted by atomic mass is 10.00. The summed E-state index contributed by atoms with van der Waals surface area (Å²) in [5, 5.41) is 4.56. The number of nitrogens with zero attached hydrogens (tertiary/aromatic N) is 3. The van der Waals surface area contributed by atoms with Crippen LogP contribution in [-0.2, 0) is 10.0 Å². The molecule has 0 amide bonds. The maximum Gasteiger partial charge on any atom is 0.243 e. The van der Waals surface area contributed by atoms with E-state index in [1.807, 2.05) is 24.3 Å². The third-order valence-electron chi connectivity index (χ3n) is 4.95. The number of piperidine rings is 1. The van der Waals surface area contributed by atoms with Crippen LogP contribution in [0.15, 0.2) is 57.9 Å². The summed E-state index contributed by atoms with van der Waals surface area (Å²) >= 11 is 5.88. The zero-order chi connectivity index (χ0) is 20.4. The number of benzene rings is 2. The number of aromatic nitrogens is 2. The first-order valence-electron chi connectivity index (χ1n) is 9.21. The Morgan fingerprint density at radius 1 is 1.21 bits per heavy atom. The largest absolute Gasteiger partial charge is 0.497 e. The molecule has 0 aliphatic carbocycles. The lowest BCUT2D eigenvalue weighted by Gasteiger charge is -2.30. The molecule has 152 valence electrons. The van der Waals surface area contributed by atoms with Crippen LogP contribution in [-0.4, -0.2) is 43.1 Å². The quantitative estimate of drug-likeness (QED) is 0.605. The predicted octanol–water partition coefficient (Wildman–Crippen LogP) is 3.97. The highest BCUT2D eigenvalue weighted by molar-refractivity contribution is 7.89. The van der Waals surface area contributed by atoms with Gasteiger partial charge in [-0.1, -0.05) is 28.9 Å². The minimum Gasteiger partial charge on any atom is -0.497 e. The summed E-state index contributed by atoms with van der Waals surface area (Å²) in [5.41, 5.74) is 0.779. The van der Waals surface area contributed by atoms with Crippen molar-refractivity contribution >= 4 is 21.6 Å². The van der Waals surface area contributed by atoms with Crippen molar-refractivity contribution < 1.29 is 17.7 Å². The fourth-order valence-electron chi connectivity index (χ4n) is 3.40. The summed E-state index contributed by atoms with van der Waals surface area (Å²) in [7, 11) is -2.01. The summed E-state index contributed by atoms with van der Waals surface area (Å²) in [4.78, 5) is 4.74. The van der Waals surface area contributed by atoms with Crippen LogP contribution in [0.4, 0.5) is 0 Å². The van der Waals surface area contributed by atoms with E-state index in [4.69, 9.17) is 20.9 Å². The molecule has 4 rings (SSSR count). The molecule has 1 unspecified atom stereocenters. The summed E-state index contributed by atoms with van der Waals surface area (Å²) in [6, 6.07) is 13.6. The first-order chi connectivity index (χ1) is 14.0. The highest BCUT2D eigenvalue weighted by Crippen LogP contribution is 2.31. The first kappa shape index (κ1) is 19.9. The average molecular weight is 434 g/mol. The van der Waals surface area contributed by atoms with E-state index in [1.54, 1.807) is 19.2 Å². The second-order valence-electron chi connectivity index (χ2n) is 6.84. The van der Waals surface area contributed by atoms with Gasteiger partial charge >= 0.3 is 0 Å². The van der Waals surface area contributed by atoms with Gasteiger partial charge in [0.1, 0.15) is 5.75 Å². The number of hydrogen-bond acceptors (Lipinski definition) is 6. The van der Waals surface area contributed by atoms with E-state index in [9.17, 15) is 8.42 Å². The third-order valence-corrected chi connectivity index (χ3v) is 7.09. The van der Waals surface area contributed by atoms with Crippen LogP contribution >= 0.6 is 11.6 Å². The molecule has 7 nitrogen and oxygen atoms in total. The monoisotopic (exact) mass is 433 g/mol. The SMILES string of the molecule is COc1cccc(-c2noc(C3CCCN(S(=O)(=O)c4ccc(Cl)cc4)C3)n2)c1. The molecule has 3 aromatic rings.